The van der Waals surface area contributed by atoms with E-state index in [2.05, 4.69) is 31.0 Å². The predicted octanol–water partition coefficient (Wildman–Crippen LogP) is 3.39. The minimum Gasteiger partial charge on any atom is -0.320 e. The van der Waals surface area contributed by atoms with Crippen molar-refractivity contribution in [1.29, 1.82) is 0 Å². The molecule has 2 N–H and O–H groups in total. The van der Waals surface area contributed by atoms with Gasteiger partial charge in [-0.25, -0.2) is 4.39 Å². The van der Waals surface area contributed by atoms with Crippen LogP contribution in [0.5, 0.6) is 0 Å². The number of benzene rings is 1. The Morgan fingerprint density at radius 1 is 1.00 bits per heavy atom. The van der Waals surface area contributed by atoms with E-state index in [4.69, 9.17) is 5.73 Å². The summed E-state index contributed by atoms with van der Waals surface area (Å²) < 4.78 is 13.1. The zero-order valence-electron chi connectivity index (χ0n) is 10.6. The lowest BCUT2D eigenvalue weighted by atomic mass is 9.96. The molecule has 0 saturated carbocycles. The van der Waals surface area contributed by atoms with Crippen LogP contribution >= 0.6 is 0 Å². The van der Waals surface area contributed by atoms with E-state index in [0.29, 0.717) is 11.5 Å². The standard InChI is InChI=1S/C15H17FN2/c1-10(2)11-3-5-12(6-4-11)15(17)13-7-14(16)9-18-8-13/h3-10,15H,17H2,1-2H3. The average Bonchev–Trinajstić information content (AvgIpc) is 2.38. The van der Waals surface area contributed by atoms with Crippen LogP contribution in [-0.4, -0.2) is 4.98 Å². The van der Waals surface area contributed by atoms with E-state index in [9.17, 15) is 4.39 Å². The lowest BCUT2D eigenvalue weighted by Gasteiger charge is -2.13. The smallest absolute Gasteiger partial charge is 0.141 e. The number of rotatable bonds is 3. The fraction of sp³-hybridized carbons (Fsp3) is 0.267. The van der Waals surface area contributed by atoms with Gasteiger partial charge in [0.25, 0.3) is 0 Å². The van der Waals surface area contributed by atoms with Gasteiger partial charge >= 0.3 is 0 Å². The van der Waals surface area contributed by atoms with Crippen molar-refractivity contribution < 1.29 is 4.39 Å². The van der Waals surface area contributed by atoms with E-state index >= 15 is 0 Å². The van der Waals surface area contributed by atoms with Crippen molar-refractivity contribution in [2.75, 3.05) is 0 Å². The van der Waals surface area contributed by atoms with Gasteiger partial charge in [0.15, 0.2) is 0 Å². The predicted molar refractivity (Wildman–Crippen MR) is 70.8 cm³/mol. The van der Waals surface area contributed by atoms with Gasteiger partial charge < -0.3 is 5.73 Å². The minimum absolute atomic E-state index is 0.339. The topological polar surface area (TPSA) is 38.9 Å². The van der Waals surface area contributed by atoms with Crippen molar-refractivity contribution in [3.05, 3.63) is 65.2 Å². The summed E-state index contributed by atoms with van der Waals surface area (Å²) in [6.07, 6.45) is 2.78. The molecule has 3 heteroatoms. The van der Waals surface area contributed by atoms with Gasteiger partial charge in [-0.3, -0.25) is 4.98 Å². The Morgan fingerprint density at radius 2 is 1.61 bits per heavy atom. The Labute approximate surface area is 107 Å². The molecule has 0 saturated heterocycles. The fourth-order valence-electron chi connectivity index (χ4n) is 1.88. The van der Waals surface area contributed by atoms with Gasteiger partial charge in [-0.1, -0.05) is 38.1 Å². The van der Waals surface area contributed by atoms with E-state index in [0.717, 1.165) is 5.56 Å². The monoisotopic (exact) mass is 244 g/mol. The van der Waals surface area contributed by atoms with Crippen LogP contribution in [0.15, 0.2) is 42.7 Å². The van der Waals surface area contributed by atoms with E-state index < -0.39 is 0 Å². The molecule has 1 aromatic heterocycles. The zero-order chi connectivity index (χ0) is 13.1. The van der Waals surface area contributed by atoms with Crippen LogP contribution in [0.25, 0.3) is 0 Å². The first-order valence-corrected chi connectivity index (χ1v) is 6.04. The first kappa shape index (κ1) is 12.7. The summed E-state index contributed by atoms with van der Waals surface area (Å²) >= 11 is 0. The molecule has 2 rings (SSSR count). The maximum Gasteiger partial charge on any atom is 0.141 e. The molecule has 2 aromatic rings. The average molecular weight is 244 g/mol. The van der Waals surface area contributed by atoms with Crippen LogP contribution in [0.4, 0.5) is 4.39 Å². The molecule has 18 heavy (non-hydrogen) atoms. The Kier molecular flexibility index (Phi) is 3.72. The molecule has 0 spiro atoms. The number of hydrogen-bond donors (Lipinski definition) is 1. The second-order valence-corrected chi connectivity index (χ2v) is 4.74. The van der Waals surface area contributed by atoms with E-state index in [1.807, 2.05) is 12.1 Å². The van der Waals surface area contributed by atoms with Crippen molar-refractivity contribution in [3.8, 4) is 0 Å². The normalized spacial score (nSPS) is 12.7. The largest absolute Gasteiger partial charge is 0.320 e. The summed E-state index contributed by atoms with van der Waals surface area (Å²) in [4.78, 5) is 3.82. The Hall–Kier alpha value is -1.74. The van der Waals surface area contributed by atoms with E-state index in [1.165, 1.54) is 17.8 Å². The van der Waals surface area contributed by atoms with Crippen molar-refractivity contribution in [3.63, 3.8) is 0 Å². The number of nitrogens with zero attached hydrogens (tertiary/aromatic N) is 1. The second kappa shape index (κ2) is 5.27. The fourth-order valence-corrected chi connectivity index (χ4v) is 1.88. The highest BCUT2D eigenvalue weighted by atomic mass is 19.1. The van der Waals surface area contributed by atoms with Crippen LogP contribution in [0.1, 0.15) is 42.5 Å². The number of pyridine rings is 1. The molecule has 0 aliphatic carbocycles. The molecule has 1 aromatic carbocycles. The molecule has 0 fully saturated rings. The van der Waals surface area contributed by atoms with Crippen molar-refractivity contribution >= 4 is 0 Å². The molecule has 2 nitrogen and oxygen atoms in total. The number of hydrogen-bond acceptors (Lipinski definition) is 2. The first-order chi connectivity index (χ1) is 8.58. The van der Waals surface area contributed by atoms with Gasteiger partial charge in [-0.15, -0.1) is 0 Å². The maximum atomic E-state index is 13.1. The van der Waals surface area contributed by atoms with E-state index in [1.54, 1.807) is 6.20 Å². The van der Waals surface area contributed by atoms with Gasteiger partial charge in [0.2, 0.25) is 0 Å². The molecule has 0 aliphatic rings. The van der Waals surface area contributed by atoms with Gasteiger partial charge in [-0.2, -0.15) is 0 Å². The van der Waals surface area contributed by atoms with Gasteiger partial charge in [0.05, 0.1) is 12.2 Å². The summed E-state index contributed by atoms with van der Waals surface area (Å²) in [5.41, 5.74) is 9.02. The van der Waals surface area contributed by atoms with Crippen molar-refractivity contribution in [2.45, 2.75) is 25.8 Å². The Morgan fingerprint density at radius 3 is 2.17 bits per heavy atom. The van der Waals surface area contributed by atoms with Gasteiger partial charge in [0.1, 0.15) is 5.82 Å². The number of nitrogens with two attached hydrogens (primary N) is 1. The van der Waals surface area contributed by atoms with Crippen LogP contribution in [0, 0.1) is 5.82 Å². The summed E-state index contributed by atoms with van der Waals surface area (Å²) in [5.74, 6) is 0.132. The molecule has 0 aliphatic heterocycles. The minimum atomic E-state index is -0.359. The van der Waals surface area contributed by atoms with Crippen LogP contribution in [0.2, 0.25) is 0 Å². The molecular formula is C15H17FN2. The van der Waals surface area contributed by atoms with Gasteiger partial charge in [-0.05, 0) is 28.7 Å². The van der Waals surface area contributed by atoms with Crippen LogP contribution in [0.3, 0.4) is 0 Å². The second-order valence-electron chi connectivity index (χ2n) is 4.74. The molecular weight excluding hydrogens is 227 g/mol. The first-order valence-electron chi connectivity index (χ1n) is 6.04. The molecule has 1 atom stereocenters. The zero-order valence-corrected chi connectivity index (χ0v) is 10.6. The van der Waals surface area contributed by atoms with Gasteiger partial charge in [0, 0.05) is 6.20 Å². The lowest BCUT2D eigenvalue weighted by molar-refractivity contribution is 0.616. The molecule has 1 unspecified atom stereocenters. The molecule has 94 valence electrons. The summed E-state index contributed by atoms with van der Waals surface area (Å²) in [6.45, 7) is 4.29. The highest BCUT2D eigenvalue weighted by Gasteiger charge is 2.10. The Balaban J connectivity index is 2.26. The summed E-state index contributed by atoms with van der Waals surface area (Å²) in [6, 6.07) is 9.19. The third-order valence-electron chi connectivity index (χ3n) is 3.05. The van der Waals surface area contributed by atoms with Crippen LogP contribution in [-0.2, 0) is 0 Å². The highest BCUT2D eigenvalue weighted by molar-refractivity contribution is 5.32. The Bertz CT molecular complexity index is 520. The van der Waals surface area contributed by atoms with Crippen molar-refractivity contribution in [1.82, 2.24) is 4.98 Å². The molecule has 0 amide bonds. The molecule has 0 radical (unpaired) electrons. The third kappa shape index (κ3) is 2.74. The maximum absolute atomic E-state index is 13.1. The van der Waals surface area contributed by atoms with Crippen LogP contribution < -0.4 is 5.73 Å². The SMILES string of the molecule is CC(C)c1ccc(C(N)c2cncc(F)c2)cc1. The lowest BCUT2D eigenvalue weighted by Crippen LogP contribution is -2.12. The summed E-state index contributed by atoms with van der Waals surface area (Å²) in [7, 11) is 0. The molecule has 1 heterocycles. The third-order valence-corrected chi connectivity index (χ3v) is 3.05. The quantitative estimate of drug-likeness (QED) is 0.898. The van der Waals surface area contributed by atoms with E-state index in [-0.39, 0.29) is 11.9 Å². The highest BCUT2D eigenvalue weighted by Crippen LogP contribution is 2.22. The summed E-state index contributed by atoms with van der Waals surface area (Å²) in [5, 5.41) is 0. The van der Waals surface area contributed by atoms with Crippen molar-refractivity contribution in [2.24, 2.45) is 5.73 Å². The molecule has 0 bridgehead atoms. The number of aromatic nitrogens is 1. The number of halogens is 1.